The minimum atomic E-state index is -0.714. The third kappa shape index (κ3) is 3.82. The van der Waals surface area contributed by atoms with Gasteiger partial charge in [0.1, 0.15) is 6.23 Å². The molecule has 1 aliphatic heterocycles. The Morgan fingerprint density at radius 3 is 2.42 bits per heavy atom. The number of likely N-dealkylation sites (tertiary alicyclic amines) is 1. The first-order valence-corrected chi connectivity index (χ1v) is 9.41. The highest BCUT2D eigenvalue weighted by Gasteiger charge is 2.41. The SMILES string of the molecule is C[C@@H](c1ccccc1)N1C(=O)CC(SCCc2ccccc2)C1O. The van der Waals surface area contributed by atoms with Crippen molar-refractivity contribution in [2.45, 2.75) is 37.3 Å². The Balaban J connectivity index is 1.58. The molecule has 3 rings (SSSR count). The molecule has 2 aromatic carbocycles. The Labute approximate surface area is 147 Å². The molecule has 0 aliphatic carbocycles. The molecule has 2 aromatic rings. The summed E-state index contributed by atoms with van der Waals surface area (Å²) < 4.78 is 0. The molecule has 4 heteroatoms. The van der Waals surface area contributed by atoms with Gasteiger partial charge in [-0.1, -0.05) is 60.7 Å². The van der Waals surface area contributed by atoms with Crippen LogP contribution < -0.4 is 0 Å². The van der Waals surface area contributed by atoms with Crippen molar-refractivity contribution in [1.82, 2.24) is 4.90 Å². The molecular weight excluding hydrogens is 318 g/mol. The van der Waals surface area contributed by atoms with Crippen molar-refractivity contribution in [3.05, 3.63) is 71.8 Å². The van der Waals surface area contributed by atoms with Crippen LogP contribution in [0.3, 0.4) is 0 Å². The fourth-order valence-corrected chi connectivity index (χ4v) is 4.38. The first kappa shape index (κ1) is 17.1. The van der Waals surface area contributed by atoms with Gasteiger partial charge in [-0.25, -0.2) is 0 Å². The highest BCUT2D eigenvalue weighted by molar-refractivity contribution is 8.00. The lowest BCUT2D eigenvalue weighted by Gasteiger charge is -2.29. The van der Waals surface area contributed by atoms with E-state index in [1.165, 1.54) is 5.56 Å². The molecule has 0 saturated carbocycles. The molecule has 1 amide bonds. The molecule has 0 bridgehead atoms. The van der Waals surface area contributed by atoms with Crippen molar-refractivity contribution in [2.75, 3.05) is 5.75 Å². The largest absolute Gasteiger partial charge is 0.372 e. The molecule has 1 saturated heterocycles. The van der Waals surface area contributed by atoms with Crippen LogP contribution in [0.5, 0.6) is 0 Å². The smallest absolute Gasteiger partial charge is 0.226 e. The first-order chi connectivity index (χ1) is 11.7. The Kier molecular flexibility index (Phi) is 5.59. The normalized spacial score (nSPS) is 21.9. The van der Waals surface area contributed by atoms with Crippen molar-refractivity contribution in [3.8, 4) is 0 Å². The van der Waals surface area contributed by atoms with Gasteiger partial charge in [0.2, 0.25) is 5.91 Å². The van der Waals surface area contributed by atoms with Crippen molar-refractivity contribution in [2.24, 2.45) is 0 Å². The van der Waals surface area contributed by atoms with Gasteiger partial charge in [0.15, 0.2) is 0 Å². The number of rotatable bonds is 6. The molecule has 1 fully saturated rings. The average molecular weight is 341 g/mol. The van der Waals surface area contributed by atoms with E-state index < -0.39 is 6.23 Å². The van der Waals surface area contributed by atoms with E-state index in [4.69, 9.17) is 0 Å². The van der Waals surface area contributed by atoms with E-state index >= 15 is 0 Å². The summed E-state index contributed by atoms with van der Waals surface area (Å²) in [7, 11) is 0. The fourth-order valence-electron chi connectivity index (χ4n) is 3.16. The standard InChI is InChI=1S/C20H23NO2S/c1-15(17-10-6-3-7-11-17)21-19(22)14-18(20(21)23)24-13-12-16-8-4-2-5-9-16/h2-11,15,18,20,23H,12-14H2,1H3/t15-,18?,20?/m0/s1. The lowest BCUT2D eigenvalue weighted by molar-refractivity contribution is -0.136. The van der Waals surface area contributed by atoms with Crippen molar-refractivity contribution >= 4 is 17.7 Å². The zero-order chi connectivity index (χ0) is 16.9. The summed E-state index contributed by atoms with van der Waals surface area (Å²) >= 11 is 1.69. The monoisotopic (exact) mass is 341 g/mol. The minimum absolute atomic E-state index is 0.0380. The molecule has 1 heterocycles. The van der Waals surface area contributed by atoms with E-state index in [0.29, 0.717) is 6.42 Å². The van der Waals surface area contributed by atoms with Gasteiger partial charge in [-0.15, -0.1) is 0 Å². The molecule has 1 aliphatic rings. The van der Waals surface area contributed by atoms with E-state index in [-0.39, 0.29) is 17.2 Å². The topological polar surface area (TPSA) is 40.5 Å². The zero-order valence-electron chi connectivity index (χ0n) is 13.8. The molecule has 3 atom stereocenters. The first-order valence-electron chi connectivity index (χ1n) is 8.36. The maximum Gasteiger partial charge on any atom is 0.226 e. The van der Waals surface area contributed by atoms with E-state index in [1.807, 2.05) is 55.5 Å². The number of nitrogens with zero attached hydrogens (tertiary/aromatic N) is 1. The Morgan fingerprint density at radius 2 is 1.75 bits per heavy atom. The van der Waals surface area contributed by atoms with Crippen molar-refractivity contribution in [1.29, 1.82) is 0 Å². The number of aryl methyl sites for hydroxylation is 1. The van der Waals surface area contributed by atoms with Gasteiger partial charge < -0.3 is 10.0 Å². The van der Waals surface area contributed by atoms with Crippen LogP contribution in [0, 0.1) is 0 Å². The van der Waals surface area contributed by atoms with Gasteiger partial charge in [-0.2, -0.15) is 11.8 Å². The number of amides is 1. The number of aliphatic hydroxyl groups is 1. The number of thioether (sulfide) groups is 1. The molecule has 1 N–H and O–H groups in total. The van der Waals surface area contributed by atoms with Crippen LogP contribution >= 0.6 is 11.8 Å². The highest BCUT2D eigenvalue weighted by Crippen LogP contribution is 2.35. The van der Waals surface area contributed by atoms with Gasteiger partial charge in [0, 0.05) is 6.42 Å². The van der Waals surface area contributed by atoms with Gasteiger partial charge in [0.05, 0.1) is 11.3 Å². The van der Waals surface area contributed by atoms with Gasteiger partial charge >= 0.3 is 0 Å². The van der Waals surface area contributed by atoms with Crippen molar-refractivity contribution in [3.63, 3.8) is 0 Å². The second-order valence-electron chi connectivity index (χ2n) is 6.15. The van der Waals surface area contributed by atoms with Crippen LogP contribution in [0.1, 0.15) is 30.5 Å². The summed E-state index contributed by atoms with van der Waals surface area (Å²) in [6.45, 7) is 1.98. The lowest BCUT2D eigenvalue weighted by Crippen LogP contribution is -2.38. The average Bonchev–Trinajstić information content (AvgIpc) is 2.90. The second-order valence-corrected chi connectivity index (χ2v) is 7.50. The summed E-state index contributed by atoms with van der Waals surface area (Å²) in [6, 6.07) is 20.1. The predicted octanol–water partition coefficient (Wildman–Crippen LogP) is 3.64. The maximum atomic E-state index is 12.4. The summed E-state index contributed by atoms with van der Waals surface area (Å²) in [5.41, 5.74) is 2.35. The number of aliphatic hydroxyl groups excluding tert-OH is 1. The predicted molar refractivity (Wildman–Crippen MR) is 98.7 cm³/mol. The maximum absolute atomic E-state index is 12.4. The van der Waals surface area contributed by atoms with Crippen LogP contribution in [0.15, 0.2) is 60.7 Å². The molecular formula is C20H23NO2S. The molecule has 0 aromatic heterocycles. The molecule has 24 heavy (non-hydrogen) atoms. The summed E-state index contributed by atoms with van der Waals surface area (Å²) in [4.78, 5) is 14.0. The summed E-state index contributed by atoms with van der Waals surface area (Å²) in [5.74, 6) is 0.947. The van der Waals surface area contributed by atoms with Gasteiger partial charge in [-0.3, -0.25) is 4.79 Å². The third-order valence-corrected chi connectivity index (χ3v) is 5.82. The van der Waals surface area contributed by atoms with E-state index in [1.54, 1.807) is 16.7 Å². The third-order valence-electron chi connectivity index (χ3n) is 4.55. The molecule has 2 unspecified atom stereocenters. The van der Waals surface area contributed by atoms with Crippen LogP contribution in [0.2, 0.25) is 0 Å². The zero-order valence-corrected chi connectivity index (χ0v) is 14.7. The second kappa shape index (κ2) is 7.86. The number of carbonyl (C=O) groups excluding carboxylic acids is 1. The van der Waals surface area contributed by atoms with E-state index in [0.717, 1.165) is 17.7 Å². The summed E-state index contributed by atoms with van der Waals surface area (Å²) in [5, 5.41) is 10.6. The highest BCUT2D eigenvalue weighted by atomic mass is 32.2. The number of carbonyl (C=O) groups is 1. The summed E-state index contributed by atoms with van der Waals surface area (Å²) in [6.07, 6.45) is 0.656. The van der Waals surface area contributed by atoms with Gasteiger partial charge in [-0.05, 0) is 30.2 Å². The van der Waals surface area contributed by atoms with Crippen LogP contribution in [-0.4, -0.2) is 33.1 Å². The Hall–Kier alpha value is -1.78. The molecule has 0 radical (unpaired) electrons. The van der Waals surface area contributed by atoms with Crippen LogP contribution in [0.4, 0.5) is 0 Å². The quantitative estimate of drug-likeness (QED) is 0.872. The van der Waals surface area contributed by atoms with Crippen molar-refractivity contribution < 1.29 is 9.90 Å². The molecule has 0 spiro atoms. The fraction of sp³-hybridized carbons (Fsp3) is 0.350. The Morgan fingerprint density at radius 1 is 1.12 bits per heavy atom. The van der Waals surface area contributed by atoms with E-state index in [2.05, 4.69) is 12.1 Å². The minimum Gasteiger partial charge on any atom is -0.372 e. The van der Waals surface area contributed by atoms with Crippen LogP contribution in [0.25, 0.3) is 0 Å². The Bertz CT molecular complexity index is 662. The van der Waals surface area contributed by atoms with E-state index in [9.17, 15) is 9.90 Å². The number of benzene rings is 2. The molecule has 126 valence electrons. The molecule has 3 nitrogen and oxygen atoms in total. The van der Waals surface area contributed by atoms with Crippen LogP contribution in [-0.2, 0) is 11.2 Å². The number of hydrogen-bond donors (Lipinski definition) is 1. The lowest BCUT2D eigenvalue weighted by atomic mass is 10.1. The number of hydrogen-bond acceptors (Lipinski definition) is 3. The van der Waals surface area contributed by atoms with Gasteiger partial charge in [0.25, 0.3) is 0 Å².